The van der Waals surface area contributed by atoms with Crippen molar-refractivity contribution >= 4 is 0 Å². The molecule has 0 spiro atoms. The summed E-state index contributed by atoms with van der Waals surface area (Å²) in [6.07, 6.45) is -2.06. The number of alkyl halides is 3. The van der Waals surface area contributed by atoms with Crippen LogP contribution in [0.3, 0.4) is 0 Å². The highest BCUT2D eigenvalue weighted by atomic mass is 19.4. The lowest BCUT2D eigenvalue weighted by Crippen LogP contribution is -2.18. The van der Waals surface area contributed by atoms with E-state index in [4.69, 9.17) is 5.11 Å². The van der Waals surface area contributed by atoms with E-state index in [-0.39, 0.29) is 19.1 Å². The van der Waals surface area contributed by atoms with Crippen molar-refractivity contribution in [2.45, 2.75) is 39.3 Å². The molecule has 16 heavy (non-hydrogen) atoms. The molecule has 1 unspecified atom stereocenters. The maximum absolute atomic E-state index is 11.7. The molecule has 0 radical (unpaired) electrons. The van der Waals surface area contributed by atoms with Gasteiger partial charge in [-0.05, 0) is 31.1 Å². The van der Waals surface area contributed by atoms with Crippen molar-refractivity contribution in [3.05, 3.63) is 0 Å². The number of hydrogen-bond acceptors (Lipinski definition) is 2. The first-order chi connectivity index (χ1) is 7.35. The van der Waals surface area contributed by atoms with Gasteiger partial charge in [0.15, 0.2) is 0 Å². The topological polar surface area (TPSA) is 29.5 Å². The van der Waals surface area contributed by atoms with Gasteiger partial charge in [0.05, 0.1) is 0 Å². The predicted octanol–water partition coefficient (Wildman–Crippen LogP) is 3.00. The van der Waals surface area contributed by atoms with E-state index in [0.717, 1.165) is 6.42 Å². The van der Waals surface area contributed by atoms with Crippen molar-refractivity contribution in [3.63, 3.8) is 0 Å². The van der Waals surface area contributed by atoms with E-state index in [1.165, 1.54) is 0 Å². The molecule has 0 aliphatic carbocycles. The highest BCUT2D eigenvalue weighted by Gasteiger charge is 2.27. The van der Waals surface area contributed by atoms with Crippen LogP contribution < -0.4 is 0 Å². The molecule has 0 aliphatic heterocycles. The normalized spacial score (nSPS) is 14.4. The molecule has 98 valence electrons. The van der Waals surface area contributed by atoms with Gasteiger partial charge in [-0.15, -0.1) is 0 Å². The number of aliphatic hydroxyl groups excluding tert-OH is 1. The maximum atomic E-state index is 11.7. The first-order valence-electron chi connectivity index (χ1n) is 5.60. The lowest BCUT2D eigenvalue weighted by atomic mass is 9.94. The van der Waals surface area contributed by atoms with Gasteiger partial charge in [-0.1, -0.05) is 13.8 Å². The molecule has 0 rings (SSSR count). The number of rotatable bonds is 8. The molecule has 1 atom stereocenters. The lowest BCUT2D eigenvalue weighted by molar-refractivity contribution is -0.174. The van der Waals surface area contributed by atoms with Crippen LogP contribution in [0.2, 0.25) is 0 Å². The summed E-state index contributed by atoms with van der Waals surface area (Å²) in [5.41, 5.74) is 0. The summed E-state index contributed by atoms with van der Waals surface area (Å²) in [7, 11) is 0. The first-order valence-corrected chi connectivity index (χ1v) is 5.60. The fourth-order valence-corrected chi connectivity index (χ4v) is 1.61. The Labute approximate surface area is 94.8 Å². The third-order valence-corrected chi connectivity index (χ3v) is 2.23. The van der Waals surface area contributed by atoms with Crippen molar-refractivity contribution in [2.24, 2.45) is 11.8 Å². The summed E-state index contributed by atoms with van der Waals surface area (Å²) in [5.74, 6) is 0.669. The third-order valence-electron chi connectivity index (χ3n) is 2.23. The van der Waals surface area contributed by atoms with Gasteiger partial charge < -0.3 is 9.84 Å². The molecule has 1 N–H and O–H groups in total. The Morgan fingerprint density at radius 3 is 2.31 bits per heavy atom. The number of ether oxygens (including phenoxy) is 1. The van der Waals surface area contributed by atoms with Crippen molar-refractivity contribution in [1.82, 2.24) is 0 Å². The number of aliphatic hydroxyl groups is 1. The fourth-order valence-electron chi connectivity index (χ4n) is 1.61. The SMILES string of the molecule is CC(C)CC(CO)CCCOCC(F)(F)F. The van der Waals surface area contributed by atoms with Crippen LogP contribution in [0.5, 0.6) is 0 Å². The average Bonchev–Trinajstić information content (AvgIpc) is 2.13. The van der Waals surface area contributed by atoms with Gasteiger partial charge >= 0.3 is 6.18 Å². The Morgan fingerprint density at radius 2 is 1.88 bits per heavy atom. The van der Waals surface area contributed by atoms with E-state index in [1.54, 1.807) is 0 Å². The minimum Gasteiger partial charge on any atom is -0.396 e. The second-order valence-electron chi connectivity index (χ2n) is 4.49. The second kappa shape index (κ2) is 7.90. The van der Waals surface area contributed by atoms with E-state index < -0.39 is 12.8 Å². The number of halogens is 3. The smallest absolute Gasteiger partial charge is 0.396 e. The fraction of sp³-hybridized carbons (Fsp3) is 1.00. The van der Waals surface area contributed by atoms with Crippen molar-refractivity contribution < 1.29 is 23.0 Å². The molecule has 0 aliphatic rings. The molecule has 5 heteroatoms. The minimum absolute atomic E-state index is 0.0947. The van der Waals surface area contributed by atoms with E-state index in [0.29, 0.717) is 18.8 Å². The molecule has 0 saturated heterocycles. The summed E-state index contributed by atoms with van der Waals surface area (Å²) in [6, 6.07) is 0. The zero-order chi connectivity index (χ0) is 12.6. The van der Waals surface area contributed by atoms with E-state index >= 15 is 0 Å². The molecule has 0 saturated carbocycles. The van der Waals surface area contributed by atoms with Gasteiger partial charge in [-0.25, -0.2) is 0 Å². The number of hydrogen-bond donors (Lipinski definition) is 1. The molecule has 0 aromatic rings. The van der Waals surface area contributed by atoms with Gasteiger partial charge in [0.2, 0.25) is 0 Å². The summed E-state index contributed by atoms with van der Waals surface area (Å²) < 4.78 is 39.6. The van der Waals surface area contributed by atoms with Crippen molar-refractivity contribution in [2.75, 3.05) is 19.8 Å². The van der Waals surface area contributed by atoms with Gasteiger partial charge in [0, 0.05) is 13.2 Å². The largest absolute Gasteiger partial charge is 0.411 e. The molecule has 0 aromatic heterocycles. The molecular weight excluding hydrogens is 221 g/mol. The Balaban J connectivity index is 3.48. The van der Waals surface area contributed by atoms with Crippen LogP contribution in [-0.4, -0.2) is 31.1 Å². The van der Waals surface area contributed by atoms with E-state index in [2.05, 4.69) is 18.6 Å². The molecule has 0 heterocycles. The molecule has 0 amide bonds. The second-order valence-corrected chi connectivity index (χ2v) is 4.49. The summed E-state index contributed by atoms with van der Waals surface area (Å²) in [6.45, 7) is 3.14. The van der Waals surface area contributed by atoms with Crippen LogP contribution in [0.4, 0.5) is 13.2 Å². The van der Waals surface area contributed by atoms with Crippen LogP contribution in [0.25, 0.3) is 0 Å². The lowest BCUT2D eigenvalue weighted by Gasteiger charge is -2.16. The summed E-state index contributed by atoms with van der Waals surface area (Å²) in [5, 5.41) is 9.04. The first kappa shape index (κ1) is 15.7. The summed E-state index contributed by atoms with van der Waals surface area (Å²) >= 11 is 0. The molecule has 0 bridgehead atoms. The van der Waals surface area contributed by atoms with Crippen molar-refractivity contribution in [3.8, 4) is 0 Å². The van der Waals surface area contributed by atoms with Gasteiger partial charge in [0.1, 0.15) is 6.61 Å². The molecular formula is C11H21F3O2. The predicted molar refractivity (Wildman–Crippen MR) is 56.1 cm³/mol. The standard InChI is InChI=1S/C11H21F3O2/c1-9(2)6-10(7-15)4-3-5-16-8-11(12,13)14/h9-10,15H,3-8H2,1-2H3. The highest BCUT2D eigenvalue weighted by molar-refractivity contribution is 4.60. The average molecular weight is 242 g/mol. The zero-order valence-corrected chi connectivity index (χ0v) is 9.89. The van der Waals surface area contributed by atoms with Crippen LogP contribution in [-0.2, 0) is 4.74 Å². The quantitative estimate of drug-likeness (QED) is 0.663. The van der Waals surface area contributed by atoms with Gasteiger partial charge in [-0.2, -0.15) is 13.2 Å². The zero-order valence-electron chi connectivity index (χ0n) is 9.89. The van der Waals surface area contributed by atoms with E-state index in [1.807, 2.05) is 0 Å². The monoisotopic (exact) mass is 242 g/mol. The Bertz CT molecular complexity index is 169. The third kappa shape index (κ3) is 10.2. The Kier molecular flexibility index (Phi) is 7.76. The van der Waals surface area contributed by atoms with E-state index in [9.17, 15) is 13.2 Å². The Hall–Kier alpha value is -0.290. The minimum atomic E-state index is -4.24. The van der Waals surface area contributed by atoms with Crippen molar-refractivity contribution in [1.29, 1.82) is 0 Å². The van der Waals surface area contributed by atoms with Crippen LogP contribution in [0.15, 0.2) is 0 Å². The van der Waals surface area contributed by atoms with Crippen LogP contribution >= 0.6 is 0 Å². The van der Waals surface area contributed by atoms with Gasteiger partial charge in [-0.3, -0.25) is 0 Å². The maximum Gasteiger partial charge on any atom is 0.411 e. The molecule has 0 fully saturated rings. The Morgan fingerprint density at radius 1 is 1.25 bits per heavy atom. The van der Waals surface area contributed by atoms with Gasteiger partial charge in [0.25, 0.3) is 0 Å². The molecule has 0 aromatic carbocycles. The highest BCUT2D eigenvalue weighted by Crippen LogP contribution is 2.18. The summed E-state index contributed by atoms with van der Waals surface area (Å²) in [4.78, 5) is 0. The van der Waals surface area contributed by atoms with Crippen LogP contribution in [0.1, 0.15) is 33.1 Å². The van der Waals surface area contributed by atoms with Crippen LogP contribution in [0, 0.1) is 11.8 Å². The molecule has 2 nitrogen and oxygen atoms in total.